The van der Waals surface area contributed by atoms with Gasteiger partial charge in [-0.3, -0.25) is 9.79 Å². The number of amides is 1. The number of methoxy groups -OCH3 is 1. The molecule has 0 unspecified atom stereocenters. The molecule has 0 saturated heterocycles. The monoisotopic (exact) mass is 478 g/mol. The van der Waals surface area contributed by atoms with Crippen LogP contribution in [-0.2, 0) is 6.42 Å². The lowest BCUT2D eigenvalue weighted by molar-refractivity contribution is 0.226. The van der Waals surface area contributed by atoms with Crippen LogP contribution in [-0.4, -0.2) is 52.8 Å². The minimum Gasteiger partial charge on any atom is -0.496 e. The molecule has 1 amide bonds. The molecule has 2 aliphatic rings. The second kappa shape index (κ2) is 9.82. The molecule has 0 saturated carbocycles. The number of aryl methyl sites for hydroxylation is 1. The zero-order valence-corrected chi connectivity index (χ0v) is 21.8. The van der Waals surface area contributed by atoms with E-state index in [4.69, 9.17) is 14.8 Å². The van der Waals surface area contributed by atoms with Crippen LogP contribution in [0.2, 0.25) is 0 Å². The Morgan fingerprint density at radius 1 is 1.24 bits per heavy atom. The molecule has 0 aromatic heterocycles. The number of aliphatic imine (C=N–C) groups is 1. The molecular formula is C27H34N4O2S. The molecule has 2 aliphatic heterocycles. The number of fused-ring (bicyclic) bond motifs is 1. The number of para-hydroxylation sites is 1. The van der Waals surface area contributed by atoms with Gasteiger partial charge in [0.15, 0.2) is 0 Å². The average molecular weight is 479 g/mol. The van der Waals surface area contributed by atoms with Gasteiger partial charge < -0.3 is 9.64 Å². The van der Waals surface area contributed by atoms with E-state index in [1.165, 1.54) is 23.0 Å². The predicted molar refractivity (Wildman–Crippen MR) is 143 cm³/mol. The third kappa shape index (κ3) is 4.71. The van der Waals surface area contributed by atoms with Crippen LogP contribution in [0.5, 0.6) is 5.75 Å². The highest BCUT2D eigenvalue weighted by Gasteiger charge is 2.37. The Balaban J connectivity index is 1.78. The van der Waals surface area contributed by atoms with Crippen molar-refractivity contribution < 1.29 is 9.53 Å². The maximum Gasteiger partial charge on any atom is 0.302 e. The molecule has 2 aromatic carbocycles. The van der Waals surface area contributed by atoms with Crippen molar-refractivity contribution >= 4 is 34.2 Å². The number of anilines is 1. The number of carbonyl (C=O) groups is 1. The van der Waals surface area contributed by atoms with Gasteiger partial charge in [0.2, 0.25) is 0 Å². The Hall–Kier alpha value is -2.80. The van der Waals surface area contributed by atoms with Crippen molar-refractivity contribution in [2.24, 2.45) is 10.1 Å². The van der Waals surface area contributed by atoms with Crippen LogP contribution in [0.15, 0.2) is 52.6 Å². The Kier molecular flexibility index (Phi) is 7.03. The first-order valence-corrected chi connectivity index (χ1v) is 12.8. The van der Waals surface area contributed by atoms with E-state index in [9.17, 15) is 4.79 Å². The van der Waals surface area contributed by atoms with Crippen LogP contribution in [0.4, 0.5) is 10.5 Å². The van der Waals surface area contributed by atoms with E-state index < -0.39 is 0 Å². The van der Waals surface area contributed by atoms with Crippen LogP contribution >= 0.6 is 11.8 Å². The summed E-state index contributed by atoms with van der Waals surface area (Å²) in [5, 5.41) is 6.31. The zero-order valence-electron chi connectivity index (χ0n) is 21.0. The summed E-state index contributed by atoms with van der Waals surface area (Å²) in [7, 11) is 1.71. The number of benzene rings is 2. The Morgan fingerprint density at radius 3 is 2.71 bits per heavy atom. The van der Waals surface area contributed by atoms with Crippen LogP contribution < -0.4 is 9.64 Å². The Morgan fingerprint density at radius 2 is 2.00 bits per heavy atom. The van der Waals surface area contributed by atoms with Crippen molar-refractivity contribution in [2.75, 3.05) is 25.1 Å². The zero-order chi connectivity index (χ0) is 24.5. The largest absolute Gasteiger partial charge is 0.496 e. The third-order valence-corrected chi connectivity index (χ3v) is 7.19. The summed E-state index contributed by atoms with van der Waals surface area (Å²) >= 11 is 1.34. The second-order valence-electron chi connectivity index (χ2n) is 9.39. The van der Waals surface area contributed by atoms with Crippen molar-refractivity contribution in [2.45, 2.75) is 58.2 Å². The van der Waals surface area contributed by atoms with E-state index in [1.807, 2.05) is 25.1 Å². The van der Waals surface area contributed by atoms with Gasteiger partial charge in [-0.15, -0.1) is 0 Å². The van der Waals surface area contributed by atoms with Crippen LogP contribution in [0.1, 0.15) is 57.7 Å². The van der Waals surface area contributed by atoms with Crippen molar-refractivity contribution in [3.05, 3.63) is 59.2 Å². The molecule has 2 heterocycles. The van der Waals surface area contributed by atoms with Gasteiger partial charge in [0.05, 0.1) is 23.1 Å². The van der Waals surface area contributed by atoms with Gasteiger partial charge >= 0.3 is 5.24 Å². The summed E-state index contributed by atoms with van der Waals surface area (Å²) < 4.78 is 5.30. The summed E-state index contributed by atoms with van der Waals surface area (Å²) in [6.07, 6.45) is 2.03. The molecule has 34 heavy (non-hydrogen) atoms. The summed E-state index contributed by atoms with van der Waals surface area (Å²) in [5.41, 5.74) is 5.47. The summed E-state index contributed by atoms with van der Waals surface area (Å²) in [5.74, 6) is 1.76. The van der Waals surface area contributed by atoms with Crippen molar-refractivity contribution in [1.82, 2.24) is 5.01 Å². The lowest BCUT2D eigenvalue weighted by atomic mass is 9.93. The van der Waals surface area contributed by atoms with Gasteiger partial charge in [0, 0.05) is 24.8 Å². The molecule has 0 radical (unpaired) electrons. The maximum atomic E-state index is 12.4. The van der Waals surface area contributed by atoms with Gasteiger partial charge in [-0.05, 0) is 82.9 Å². The highest BCUT2D eigenvalue weighted by Crippen LogP contribution is 2.38. The van der Waals surface area contributed by atoms with Crippen molar-refractivity contribution in [1.29, 1.82) is 0 Å². The molecule has 0 bridgehead atoms. The summed E-state index contributed by atoms with van der Waals surface area (Å²) in [4.78, 5) is 19.8. The second-order valence-corrected chi connectivity index (χ2v) is 11.0. The molecule has 0 fully saturated rings. The molecule has 180 valence electrons. The maximum absolute atomic E-state index is 12.4. The number of carbonyl (C=O) groups excluding carboxylic acids is 1. The number of hydrogen-bond acceptors (Lipinski definition) is 5. The standard InChI is InChI=1S/C27H34N4O2S/c1-7-31-26(32)34-27(4,5)24(29-31)20-14-15-22-19(17-20)11-10-16-30(22)25(28-18(2)3)21-12-8-9-13-23(21)33-6/h8-9,12-15,17-18H,7,10-11,16H2,1-6H3/b28-25-. The lowest BCUT2D eigenvalue weighted by Gasteiger charge is -2.35. The number of amidine groups is 1. The van der Waals surface area contributed by atoms with Crippen LogP contribution in [0.25, 0.3) is 0 Å². The molecule has 0 aliphatic carbocycles. The van der Waals surface area contributed by atoms with E-state index in [1.54, 1.807) is 12.1 Å². The number of hydrogen-bond donors (Lipinski definition) is 0. The molecule has 0 atom stereocenters. The molecule has 0 spiro atoms. The number of hydrazone groups is 1. The normalized spacial score (nSPS) is 18.1. The topological polar surface area (TPSA) is 57.5 Å². The van der Waals surface area contributed by atoms with Gasteiger partial charge in [-0.1, -0.05) is 30.0 Å². The van der Waals surface area contributed by atoms with Gasteiger partial charge in [-0.2, -0.15) is 5.10 Å². The summed E-state index contributed by atoms with van der Waals surface area (Å²) in [6.45, 7) is 11.8. The molecule has 2 aromatic rings. The number of thioether (sulfide) groups is 1. The minimum absolute atomic E-state index is 0.00623. The van der Waals surface area contributed by atoms with E-state index in [0.717, 1.165) is 47.8 Å². The average Bonchev–Trinajstić information content (AvgIpc) is 2.81. The first kappa shape index (κ1) is 24.3. The quantitative estimate of drug-likeness (QED) is 0.392. The van der Waals surface area contributed by atoms with Gasteiger partial charge in [-0.25, -0.2) is 5.01 Å². The fraction of sp³-hybridized carbons (Fsp3) is 0.444. The number of nitrogens with zero attached hydrogens (tertiary/aromatic N) is 4. The lowest BCUT2D eigenvalue weighted by Crippen LogP contribution is -2.41. The van der Waals surface area contributed by atoms with Crippen molar-refractivity contribution in [3.63, 3.8) is 0 Å². The number of ether oxygens (including phenoxy) is 1. The third-order valence-electron chi connectivity index (χ3n) is 6.10. The van der Waals surface area contributed by atoms with Crippen molar-refractivity contribution in [3.8, 4) is 5.75 Å². The Labute approximate surface area is 207 Å². The van der Waals surface area contributed by atoms with E-state index in [0.29, 0.717) is 6.54 Å². The highest BCUT2D eigenvalue weighted by atomic mass is 32.2. The predicted octanol–water partition coefficient (Wildman–Crippen LogP) is 5.97. The first-order valence-electron chi connectivity index (χ1n) is 12.0. The van der Waals surface area contributed by atoms with Crippen LogP contribution in [0.3, 0.4) is 0 Å². The van der Waals surface area contributed by atoms with E-state index in [2.05, 4.69) is 56.9 Å². The fourth-order valence-electron chi connectivity index (χ4n) is 4.53. The van der Waals surface area contributed by atoms with Crippen LogP contribution in [0, 0.1) is 0 Å². The summed E-state index contributed by atoms with van der Waals surface area (Å²) in [6, 6.07) is 14.8. The number of rotatable bonds is 5. The van der Waals surface area contributed by atoms with E-state index in [-0.39, 0.29) is 16.0 Å². The molecule has 6 nitrogen and oxygen atoms in total. The molecule has 7 heteroatoms. The SMILES string of the molecule is CCN1N=C(c2ccc3c(c2)CCCN3/C(=N\C(C)C)c2ccccc2OC)C(C)(C)SC1=O. The van der Waals surface area contributed by atoms with Gasteiger partial charge in [0.1, 0.15) is 11.6 Å². The first-order chi connectivity index (χ1) is 16.2. The molecule has 0 N–H and O–H groups in total. The smallest absolute Gasteiger partial charge is 0.302 e. The van der Waals surface area contributed by atoms with Gasteiger partial charge in [0.25, 0.3) is 0 Å². The molecule has 4 rings (SSSR count). The van der Waals surface area contributed by atoms with E-state index >= 15 is 0 Å². The Bertz CT molecular complexity index is 1140. The highest BCUT2D eigenvalue weighted by molar-refractivity contribution is 8.15. The minimum atomic E-state index is -0.382. The fourth-order valence-corrected chi connectivity index (χ4v) is 5.50. The molecular weight excluding hydrogens is 444 g/mol.